The highest BCUT2D eigenvalue weighted by atomic mass is 31.2. The van der Waals surface area contributed by atoms with Crippen molar-refractivity contribution in [3.8, 4) is 0 Å². The fourth-order valence-corrected chi connectivity index (χ4v) is 8.18. The van der Waals surface area contributed by atoms with E-state index in [1.165, 1.54) is 178 Å². The summed E-state index contributed by atoms with van der Waals surface area (Å²) in [5.74, 6) is -0.437. The molecule has 1 aromatic rings. The van der Waals surface area contributed by atoms with Crippen LogP contribution in [0.25, 0.3) is 0 Å². The van der Waals surface area contributed by atoms with Gasteiger partial charge in [-0.25, -0.2) is 4.79 Å². The third-order valence-corrected chi connectivity index (χ3v) is 11.5. The van der Waals surface area contributed by atoms with Gasteiger partial charge in [0.05, 0.1) is 19.8 Å². The number of aromatic nitrogens is 2. The Bertz CT molecular complexity index is 1110. The summed E-state index contributed by atoms with van der Waals surface area (Å²) in [7, 11) is -1.62. The summed E-state index contributed by atoms with van der Waals surface area (Å²) in [6.45, 7) is 7.12. The lowest BCUT2D eigenvalue weighted by Crippen LogP contribution is -2.32. The Morgan fingerprint density at radius 3 is 1.46 bits per heavy atom. The third kappa shape index (κ3) is 24.8. The monoisotopic (exact) mass is 783 g/mol. The summed E-state index contributed by atoms with van der Waals surface area (Å²) in [4.78, 5) is 38.2. The number of hydrogen-bond donors (Lipinski definition) is 1. The van der Waals surface area contributed by atoms with Gasteiger partial charge in [0, 0.05) is 25.6 Å². The van der Waals surface area contributed by atoms with Gasteiger partial charge in [0.1, 0.15) is 18.4 Å². The Labute approximate surface area is 329 Å². The number of nitrogens with zero attached hydrogens (tertiary/aromatic N) is 1. The van der Waals surface area contributed by atoms with E-state index in [1.54, 1.807) is 0 Å². The lowest BCUT2D eigenvalue weighted by Gasteiger charge is -2.22. The summed E-state index contributed by atoms with van der Waals surface area (Å²) in [5, 5.41) is 0. The van der Waals surface area contributed by atoms with Gasteiger partial charge in [-0.3, -0.25) is 19.1 Å². The first-order valence-corrected chi connectivity index (χ1v) is 23.4. The maximum absolute atomic E-state index is 12.4. The molecule has 1 aromatic heterocycles. The molecular formula is C43H79N2O8P. The third-order valence-electron chi connectivity index (χ3n) is 10.4. The van der Waals surface area contributed by atoms with Gasteiger partial charge in [0.2, 0.25) is 0 Å². The molecule has 2 heterocycles. The zero-order valence-corrected chi connectivity index (χ0v) is 35.6. The molecule has 0 aromatic carbocycles. The Morgan fingerprint density at radius 2 is 1.07 bits per heavy atom. The van der Waals surface area contributed by atoms with E-state index in [0.717, 1.165) is 25.7 Å². The smallest absolute Gasteiger partial charge is 0.332 e. The summed E-state index contributed by atoms with van der Waals surface area (Å²) in [6.07, 6.45) is 36.2. The Hall–Kier alpha value is -1.58. The molecule has 11 heteroatoms. The largest absolute Gasteiger partial charge is 0.460 e. The highest BCUT2D eigenvalue weighted by molar-refractivity contribution is 7.41. The van der Waals surface area contributed by atoms with Crippen molar-refractivity contribution >= 4 is 14.6 Å². The van der Waals surface area contributed by atoms with Crippen molar-refractivity contribution < 1.29 is 27.8 Å². The standard InChI is InChI=1S/C43H79N2O8P/c1-4-6-8-10-12-14-16-18-20-22-24-26-28-30-34-49-54(50-35-31-29-27-25-23-21-19-17-15-13-11-9-7-5-2)51-37-40-39(52-38(3)46)36-42(53-40)45-33-32-41(47)44-43(45)48/h32-33,39-40,42H,4-31,34-37H2,1-3H3,(H,44,47,48)/t39-,40+,42+/m0/s1. The molecule has 3 atom stereocenters. The second-order valence-electron chi connectivity index (χ2n) is 15.4. The number of rotatable bonds is 37. The van der Waals surface area contributed by atoms with Crippen LogP contribution < -0.4 is 11.2 Å². The number of carbonyl (C=O) groups is 1. The summed E-state index contributed by atoms with van der Waals surface area (Å²) in [6, 6.07) is 1.27. The Balaban J connectivity index is 1.70. The van der Waals surface area contributed by atoms with Gasteiger partial charge < -0.3 is 23.0 Å². The van der Waals surface area contributed by atoms with E-state index < -0.39 is 44.3 Å². The fourth-order valence-electron chi connectivity index (χ4n) is 7.13. The topological polar surface area (TPSA) is 118 Å². The first kappa shape index (κ1) is 48.6. The summed E-state index contributed by atoms with van der Waals surface area (Å²) in [5.41, 5.74) is -1.06. The van der Waals surface area contributed by atoms with E-state index >= 15 is 0 Å². The number of aromatic amines is 1. The van der Waals surface area contributed by atoms with Crippen molar-refractivity contribution in [1.29, 1.82) is 0 Å². The van der Waals surface area contributed by atoms with Crippen molar-refractivity contribution in [2.75, 3.05) is 19.8 Å². The number of esters is 1. The molecule has 314 valence electrons. The van der Waals surface area contributed by atoms with Gasteiger partial charge >= 0.3 is 20.3 Å². The lowest BCUT2D eigenvalue weighted by molar-refractivity contribution is -0.150. The van der Waals surface area contributed by atoms with Crippen molar-refractivity contribution in [3.05, 3.63) is 33.1 Å². The minimum absolute atomic E-state index is 0.0930. The molecule has 0 radical (unpaired) electrons. The summed E-state index contributed by atoms with van der Waals surface area (Å²) >= 11 is 0. The van der Waals surface area contributed by atoms with Crippen LogP contribution in [-0.4, -0.2) is 47.5 Å². The highest BCUT2D eigenvalue weighted by Gasteiger charge is 2.39. The van der Waals surface area contributed by atoms with Crippen LogP contribution in [0.1, 0.15) is 213 Å². The zero-order chi connectivity index (χ0) is 38.9. The van der Waals surface area contributed by atoms with Crippen LogP contribution in [-0.2, 0) is 27.8 Å². The lowest BCUT2D eigenvalue weighted by atomic mass is 10.0. The van der Waals surface area contributed by atoms with E-state index in [4.69, 9.17) is 23.0 Å². The predicted octanol–water partition coefficient (Wildman–Crippen LogP) is 12.0. The van der Waals surface area contributed by atoms with E-state index in [9.17, 15) is 14.4 Å². The normalized spacial score (nSPS) is 17.1. The van der Waals surface area contributed by atoms with Crippen LogP contribution >= 0.6 is 8.60 Å². The van der Waals surface area contributed by atoms with Crippen molar-refractivity contribution in [2.24, 2.45) is 0 Å². The van der Waals surface area contributed by atoms with Crippen molar-refractivity contribution in [1.82, 2.24) is 9.55 Å². The molecule has 1 fully saturated rings. The molecule has 1 saturated heterocycles. The van der Waals surface area contributed by atoms with Crippen LogP contribution in [0.2, 0.25) is 0 Å². The molecule has 2 rings (SSSR count). The molecule has 1 N–H and O–H groups in total. The number of ether oxygens (including phenoxy) is 2. The number of carbonyl (C=O) groups excluding carboxylic acids is 1. The SMILES string of the molecule is CCCCCCCCCCCCCCCCOP(OCCCCCCCCCCCCCCCC)OC[C@H]1O[C@@H](n2ccc(=O)[nH]c2=O)C[C@@H]1OC(C)=O. The molecule has 1 aliphatic heterocycles. The average molecular weight is 783 g/mol. The highest BCUT2D eigenvalue weighted by Crippen LogP contribution is 2.42. The van der Waals surface area contributed by atoms with E-state index in [-0.39, 0.29) is 13.0 Å². The number of unbranched alkanes of at least 4 members (excludes halogenated alkanes) is 26. The van der Waals surface area contributed by atoms with Crippen LogP contribution in [0.15, 0.2) is 21.9 Å². The van der Waals surface area contributed by atoms with Gasteiger partial charge in [-0.15, -0.1) is 0 Å². The molecule has 0 amide bonds. The quantitative estimate of drug-likeness (QED) is 0.0403. The van der Waals surface area contributed by atoms with Gasteiger partial charge in [-0.2, -0.15) is 0 Å². The molecule has 0 saturated carbocycles. The minimum Gasteiger partial charge on any atom is -0.460 e. The summed E-state index contributed by atoms with van der Waals surface area (Å²) < 4.78 is 31.5. The molecule has 1 aliphatic rings. The molecule has 0 bridgehead atoms. The van der Waals surface area contributed by atoms with Gasteiger partial charge in [0.25, 0.3) is 5.56 Å². The number of hydrogen-bond acceptors (Lipinski definition) is 8. The van der Waals surface area contributed by atoms with Gasteiger partial charge in [-0.05, 0) is 12.8 Å². The van der Waals surface area contributed by atoms with Crippen LogP contribution in [0.5, 0.6) is 0 Å². The molecular weight excluding hydrogens is 703 g/mol. The first-order chi connectivity index (χ1) is 26.4. The maximum Gasteiger partial charge on any atom is 0.332 e. The second-order valence-corrected chi connectivity index (χ2v) is 16.6. The van der Waals surface area contributed by atoms with Crippen molar-refractivity contribution in [3.63, 3.8) is 0 Å². The predicted molar refractivity (Wildman–Crippen MR) is 221 cm³/mol. The van der Waals surface area contributed by atoms with Gasteiger partial charge in [0.15, 0.2) is 0 Å². The van der Waals surface area contributed by atoms with E-state index in [2.05, 4.69) is 18.8 Å². The molecule has 0 aliphatic carbocycles. The Morgan fingerprint density at radius 1 is 0.667 bits per heavy atom. The molecule has 54 heavy (non-hydrogen) atoms. The van der Waals surface area contributed by atoms with Crippen LogP contribution in [0.3, 0.4) is 0 Å². The molecule has 10 nitrogen and oxygen atoms in total. The van der Waals surface area contributed by atoms with E-state index in [0.29, 0.717) is 13.2 Å². The number of nitrogens with one attached hydrogen (secondary N) is 1. The number of H-pyrrole nitrogens is 1. The average Bonchev–Trinajstić information content (AvgIpc) is 3.54. The fraction of sp³-hybridized carbons (Fsp3) is 0.884. The first-order valence-electron chi connectivity index (χ1n) is 22.3. The zero-order valence-electron chi connectivity index (χ0n) is 34.7. The van der Waals surface area contributed by atoms with Gasteiger partial charge in [-0.1, -0.05) is 181 Å². The van der Waals surface area contributed by atoms with Crippen LogP contribution in [0.4, 0.5) is 0 Å². The second kappa shape index (κ2) is 33.5. The van der Waals surface area contributed by atoms with Crippen LogP contribution in [0, 0.1) is 0 Å². The molecule has 0 spiro atoms. The molecule has 0 unspecified atom stereocenters. The van der Waals surface area contributed by atoms with E-state index in [1.807, 2.05) is 0 Å². The minimum atomic E-state index is -1.62. The van der Waals surface area contributed by atoms with Crippen molar-refractivity contribution in [2.45, 2.75) is 225 Å². The Kier molecular flexibility index (Phi) is 30.2. The maximum atomic E-state index is 12.4.